The molecule has 0 saturated heterocycles. The van der Waals surface area contributed by atoms with Crippen molar-refractivity contribution in [2.24, 2.45) is 11.8 Å². The molecule has 2 saturated carbocycles. The van der Waals surface area contributed by atoms with Crippen molar-refractivity contribution in [1.82, 2.24) is 20.0 Å². The van der Waals surface area contributed by atoms with E-state index in [4.69, 9.17) is 16.7 Å². The third-order valence-corrected chi connectivity index (χ3v) is 6.35. The van der Waals surface area contributed by atoms with Crippen molar-refractivity contribution in [2.45, 2.75) is 52.5 Å². The summed E-state index contributed by atoms with van der Waals surface area (Å²) < 4.78 is 2.11. The number of fused-ring (bicyclic) bond motifs is 3. The Hall–Kier alpha value is -1.94. The lowest BCUT2D eigenvalue weighted by atomic mass is 9.85. The highest BCUT2D eigenvalue weighted by molar-refractivity contribution is 6.37. The van der Waals surface area contributed by atoms with Crippen molar-refractivity contribution in [3.05, 3.63) is 41.0 Å². The number of hydrogen-bond acceptors (Lipinski definition) is 3. The molecule has 2 bridgehead atoms. The molecule has 0 spiro atoms. The molecule has 3 atom stereocenters. The molecule has 3 aromatic rings. The third-order valence-electron chi connectivity index (χ3n) is 5.99. The van der Waals surface area contributed by atoms with Gasteiger partial charge in [0.1, 0.15) is 5.69 Å². The van der Waals surface area contributed by atoms with E-state index in [0.29, 0.717) is 11.1 Å². The normalized spacial score (nSPS) is 24.6. The maximum Gasteiger partial charge on any atom is 0.182 e. The molecule has 26 heavy (non-hydrogen) atoms. The fraction of sp³-hybridized carbons (Fsp3) is 0.476. The van der Waals surface area contributed by atoms with Crippen molar-refractivity contribution in [3.63, 3.8) is 0 Å². The second-order valence-electron chi connectivity index (χ2n) is 7.63. The van der Waals surface area contributed by atoms with E-state index in [-0.39, 0.29) is 7.43 Å². The quantitative estimate of drug-likeness (QED) is 0.570. The molecule has 0 N–H and O–H groups in total. The molecule has 1 unspecified atom stereocenters. The Balaban J connectivity index is 0.00000168. The number of halogens is 1. The molecule has 0 radical (unpaired) electrons. The highest BCUT2D eigenvalue weighted by atomic mass is 35.5. The summed E-state index contributed by atoms with van der Waals surface area (Å²) in [5, 5.41) is 15.5. The lowest BCUT2D eigenvalue weighted by molar-refractivity contribution is 0.250. The van der Waals surface area contributed by atoms with Crippen LogP contribution in [0.4, 0.5) is 0 Å². The van der Waals surface area contributed by atoms with Crippen LogP contribution in [0.2, 0.25) is 5.02 Å². The van der Waals surface area contributed by atoms with Crippen LogP contribution in [0.25, 0.3) is 22.3 Å². The van der Waals surface area contributed by atoms with Crippen LogP contribution in [0, 0.1) is 18.8 Å². The molecule has 0 amide bonds. The molecule has 2 fully saturated rings. The first-order valence-electron chi connectivity index (χ1n) is 9.17. The maximum atomic E-state index is 6.75. The Morgan fingerprint density at radius 1 is 1.00 bits per heavy atom. The average Bonchev–Trinajstić information content (AvgIpc) is 3.15. The van der Waals surface area contributed by atoms with Gasteiger partial charge >= 0.3 is 0 Å². The van der Waals surface area contributed by atoms with Crippen LogP contribution >= 0.6 is 11.6 Å². The zero-order valence-corrected chi connectivity index (χ0v) is 15.1. The van der Waals surface area contributed by atoms with Gasteiger partial charge in [0.15, 0.2) is 5.65 Å². The van der Waals surface area contributed by atoms with Crippen LogP contribution in [0.15, 0.2) is 30.3 Å². The minimum atomic E-state index is 0. The standard InChI is InChI=1S/C20H21ClN4.CH4/c1-12-17-18(21)19(15-5-3-2-4-6-15)22-23-20(17)25(24-12)16-10-13-7-8-14(9-13)11-16;/h2-6,13-14,16H,7-11H2,1H3;1H4/t13-,14+,16?;. The van der Waals surface area contributed by atoms with Gasteiger partial charge in [-0.25, -0.2) is 4.68 Å². The summed E-state index contributed by atoms with van der Waals surface area (Å²) in [6.07, 6.45) is 6.59. The number of benzene rings is 1. The number of aromatic nitrogens is 4. The average molecular weight is 369 g/mol. The largest absolute Gasteiger partial charge is 0.242 e. The summed E-state index contributed by atoms with van der Waals surface area (Å²) in [7, 11) is 0. The summed E-state index contributed by atoms with van der Waals surface area (Å²) in [5.74, 6) is 1.71. The van der Waals surface area contributed by atoms with Gasteiger partial charge in [0.05, 0.1) is 22.1 Å². The fourth-order valence-corrected chi connectivity index (χ4v) is 5.22. The van der Waals surface area contributed by atoms with Gasteiger partial charge in [-0.2, -0.15) is 5.10 Å². The van der Waals surface area contributed by atoms with Crippen molar-refractivity contribution in [1.29, 1.82) is 0 Å². The smallest absolute Gasteiger partial charge is 0.182 e. The van der Waals surface area contributed by atoms with Crippen molar-refractivity contribution in [3.8, 4) is 11.3 Å². The number of nitrogens with zero attached hydrogens (tertiary/aromatic N) is 4. The molecule has 2 heterocycles. The van der Waals surface area contributed by atoms with E-state index in [1.807, 2.05) is 37.3 Å². The highest BCUT2D eigenvalue weighted by Gasteiger charge is 2.36. The summed E-state index contributed by atoms with van der Waals surface area (Å²) in [6.45, 7) is 2.03. The van der Waals surface area contributed by atoms with E-state index in [1.165, 1.54) is 32.1 Å². The molecule has 1 aromatic carbocycles. The van der Waals surface area contributed by atoms with Gasteiger partial charge in [0, 0.05) is 5.56 Å². The first-order chi connectivity index (χ1) is 12.2. The van der Waals surface area contributed by atoms with Gasteiger partial charge in [-0.05, 0) is 38.0 Å². The van der Waals surface area contributed by atoms with Crippen LogP contribution in [0.1, 0.15) is 51.3 Å². The first-order valence-corrected chi connectivity index (χ1v) is 9.55. The summed E-state index contributed by atoms with van der Waals surface area (Å²) in [6, 6.07) is 10.4. The summed E-state index contributed by atoms with van der Waals surface area (Å²) >= 11 is 6.75. The van der Waals surface area contributed by atoms with Crippen LogP contribution in [-0.2, 0) is 0 Å². The molecule has 5 heteroatoms. The summed E-state index contributed by atoms with van der Waals surface area (Å²) in [5.41, 5.74) is 3.52. The van der Waals surface area contributed by atoms with E-state index in [1.54, 1.807) is 0 Å². The molecule has 5 rings (SSSR count). The van der Waals surface area contributed by atoms with Crippen LogP contribution in [-0.4, -0.2) is 20.0 Å². The van der Waals surface area contributed by atoms with Crippen LogP contribution in [0.3, 0.4) is 0 Å². The lowest BCUT2D eigenvalue weighted by Gasteiger charge is -2.28. The maximum absolute atomic E-state index is 6.75. The third kappa shape index (κ3) is 2.71. The van der Waals surface area contributed by atoms with Crippen LogP contribution < -0.4 is 0 Å². The Labute approximate surface area is 159 Å². The van der Waals surface area contributed by atoms with E-state index < -0.39 is 0 Å². The van der Waals surface area contributed by atoms with E-state index in [9.17, 15) is 0 Å². The van der Waals surface area contributed by atoms with Gasteiger partial charge in [-0.3, -0.25) is 0 Å². The Kier molecular flexibility index (Phi) is 4.47. The zero-order chi connectivity index (χ0) is 17.0. The molecule has 0 aliphatic heterocycles. The first kappa shape index (κ1) is 17.5. The van der Waals surface area contributed by atoms with Gasteiger partial charge in [0.2, 0.25) is 0 Å². The fourth-order valence-electron chi connectivity index (χ4n) is 4.85. The van der Waals surface area contributed by atoms with E-state index in [2.05, 4.69) is 14.9 Å². The minimum absolute atomic E-state index is 0. The predicted molar refractivity (Wildman–Crippen MR) is 106 cm³/mol. The van der Waals surface area contributed by atoms with E-state index in [0.717, 1.165) is 39.8 Å². The Bertz CT molecular complexity index is 922. The lowest BCUT2D eigenvalue weighted by Crippen LogP contribution is -2.21. The van der Waals surface area contributed by atoms with Gasteiger partial charge in [-0.1, -0.05) is 62.2 Å². The highest BCUT2D eigenvalue weighted by Crippen LogP contribution is 2.47. The Morgan fingerprint density at radius 3 is 2.38 bits per heavy atom. The number of aryl methyl sites for hydroxylation is 1. The number of rotatable bonds is 2. The van der Waals surface area contributed by atoms with Crippen LogP contribution in [0.5, 0.6) is 0 Å². The SMILES string of the molecule is C.Cc1nn(C2C[C@H]3CC[C@@H](C2)C3)c2nnc(-c3ccccc3)c(Cl)c12. The molecular weight excluding hydrogens is 344 g/mol. The molecule has 2 aromatic heterocycles. The predicted octanol–water partition coefficient (Wildman–Crippen LogP) is 5.84. The van der Waals surface area contributed by atoms with Crippen molar-refractivity contribution < 1.29 is 0 Å². The number of hydrogen-bond donors (Lipinski definition) is 0. The topological polar surface area (TPSA) is 43.6 Å². The second kappa shape index (κ2) is 6.66. The van der Waals surface area contributed by atoms with Crippen molar-refractivity contribution >= 4 is 22.6 Å². The summed E-state index contributed by atoms with van der Waals surface area (Å²) in [4.78, 5) is 0. The molecule has 2 aliphatic carbocycles. The van der Waals surface area contributed by atoms with Crippen molar-refractivity contribution in [2.75, 3.05) is 0 Å². The second-order valence-corrected chi connectivity index (χ2v) is 8.01. The molecular formula is C21H25ClN4. The Morgan fingerprint density at radius 2 is 1.69 bits per heavy atom. The van der Waals surface area contributed by atoms with Gasteiger partial charge in [0.25, 0.3) is 0 Å². The monoisotopic (exact) mass is 368 g/mol. The molecule has 2 aliphatic rings. The molecule has 136 valence electrons. The minimum Gasteiger partial charge on any atom is -0.242 e. The van der Waals surface area contributed by atoms with E-state index >= 15 is 0 Å². The molecule has 4 nitrogen and oxygen atoms in total. The van der Waals surface area contributed by atoms with Gasteiger partial charge in [-0.15, -0.1) is 10.2 Å². The zero-order valence-electron chi connectivity index (χ0n) is 14.3. The van der Waals surface area contributed by atoms with Gasteiger partial charge < -0.3 is 0 Å².